The summed E-state index contributed by atoms with van der Waals surface area (Å²) in [4.78, 5) is 30.1. The maximum atomic E-state index is 15.1. The second kappa shape index (κ2) is 17.8. The van der Waals surface area contributed by atoms with Crippen molar-refractivity contribution in [2.45, 2.75) is 79.1 Å². The molecule has 0 radical (unpaired) electrons. The number of halogens is 4. The van der Waals surface area contributed by atoms with E-state index in [2.05, 4.69) is 13.8 Å². The number of ketones is 2. The van der Waals surface area contributed by atoms with Gasteiger partial charge >= 0.3 is 0 Å². The van der Waals surface area contributed by atoms with Gasteiger partial charge in [-0.1, -0.05) is 78.4 Å². The van der Waals surface area contributed by atoms with Crippen LogP contribution in [0.2, 0.25) is 0 Å². The van der Waals surface area contributed by atoms with Gasteiger partial charge in [0, 0.05) is 47.8 Å². The van der Waals surface area contributed by atoms with Gasteiger partial charge in [-0.3, -0.25) is 9.59 Å². The van der Waals surface area contributed by atoms with Crippen LogP contribution in [0.4, 0.5) is 34.6 Å². The largest absolute Gasteiger partial charge is 0.507 e. The van der Waals surface area contributed by atoms with Gasteiger partial charge in [0.15, 0.2) is 5.78 Å². The molecule has 0 fully saturated rings. The predicted octanol–water partition coefficient (Wildman–Crippen LogP) is 11.2. The third kappa shape index (κ3) is 8.32. The number of unbranched alkanes of at least 4 members (excludes halogenated alkanes) is 2. The summed E-state index contributed by atoms with van der Waals surface area (Å²) in [6, 6.07) is 11.4. The maximum absolute atomic E-state index is 15.1. The number of phenols is 1. The smallest absolute Gasteiger partial charge is 0.202 e. The van der Waals surface area contributed by atoms with Crippen LogP contribution in [0.25, 0.3) is 5.57 Å². The molecule has 2 aliphatic rings. The lowest BCUT2D eigenvalue weighted by molar-refractivity contribution is -0.114. The molecule has 0 saturated heterocycles. The molecule has 6 nitrogen and oxygen atoms in total. The zero-order valence-electron chi connectivity index (χ0n) is 31.3. The van der Waals surface area contributed by atoms with Crippen molar-refractivity contribution in [3.05, 3.63) is 124 Å². The fourth-order valence-corrected chi connectivity index (χ4v) is 7.18. The fraction of sp³-hybridized carbons (Fsp3) is 0.364. The highest BCUT2D eigenvalue weighted by Crippen LogP contribution is 2.44. The van der Waals surface area contributed by atoms with Crippen molar-refractivity contribution >= 4 is 34.2 Å². The topological polar surface area (TPSA) is 81.1 Å². The van der Waals surface area contributed by atoms with E-state index in [0.717, 1.165) is 63.5 Å². The molecular weight excluding hydrogens is 696 g/mol. The number of benzene rings is 3. The van der Waals surface area contributed by atoms with E-state index >= 15 is 17.6 Å². The summed E-state index contributed by atoms with van der Waals surface area (Å²) in [5.74, 6) is -5.13. The van der Waals surface area contributed by atoms with E-state index in [4.69, 9.17) is 0 Å². The van der Waals surface area contributed by atoms with Crippen LogP contribution in [-0.4, -0.2) is 34.9 Å². The Bertz CT molecular complexity index is 1980. The van der Waals surface area contributed by atoms with E-state index in [0.29, 0.717) is 5.69 Å². The minimum Gasteiger partial charge on any atom is -0.507 e. The standard InChI is InChI=1S/C44H48F4N2O4/c1-5-9-13-27(7-3)25-49(41-33(45)15-11-16-34(41)46)29-19-21-31(37(51)23-29)39-43(53)40(44(39)54)32-22-20-30(24-38(32)52)50(26-28(8-4)14-10-6-2)42-35(47)17-12-18-36(42)48/h11-12,15-24,27-28,51,53H,5-10,13-14,25-26H2,1-4H3/b40-32+. The number of anilines is 3. The first-order valence-electron chi connectivity index (χ1n) is 18.9. The molecule has 0 amide bonds. The van der Waals surface area contributed by atoms with E-state index in [1.165, 1.54) is 70.5 Å². The summed E-state index contributed by atoms with van der Waals surface area (Å²) in [6.07, 6.45) is 11.1. The van der Waals surface area contributed by atoms with E-state index in [1.807, 2.05) is 13.8 Å². The Morgan fingerprint density at radius 2 is 1.19 bits per heavy atom. The van der Waals surface area contributed by atoms with Gasteiger partial charge in [0.2, 0.25) is 5.78 Å². The number of aliphatic hydroxyl groups is 1. The first-order chi connectivity index (χ1) is 25.9. The molecule has 0 saturated carbocycles. The second-order valence-electron chi connectivity index (χ2n) is 14.0. The van der Waals surface area contributed by atoms with E-state index in [1.54, 1.807) is 0 Å². The highest BCUT2D eigenvalue weighted by Gasteiger charge is 2.40. The lowest BCUT2D eigenvalue weighted by Crippen LogP contribution is -2.32. The average molecular weight is 745 g/mol. The predicted molar refractivity (Wildman–Crippen MR) is 206 cm³/mol. The van der Waals surface area contributed by atoms with Crippen LogP contribution >= 0.6 is 0 Å². The third-order valence-electron chi connectivity index (χ3n) is 10.4. The molecule has 2 atom stereocenters. The molecule has 0 heterocycles. The molecule has 3 aromatic rings. The number of hydrogen-bond acceptors (Lipinski definition) is 6. The zero-order chi connectivity index (χ0) is 39.1. The summed E-state index contributed by atoms with van der Waals surface area (Å²) < 4.78 is 60.4. The van der Waals surface area contributed by atoms with Gasteiger partial charge < -0.3 is 20.0 Å². The average Bonchev–Trinajstić information content (AvgIpc) is 3.15. The number of allylic oxidation sites excluding steroid dienone is 6. The molecule has 0 aromatic heterocycles. The number of aliphatic hydroxyl groups excluding tert-OH is 1. The van der Waals surface area contributed by atoms with Crippen LogP contribution < -0.4 is 9.80 Å². The van der Waals surface area contributed by atoms with E-state index in [-0.39, 0.29) is 64.3 Å². The van der Waals surface area contributed by atoms with Crippen molar-refractivity contribution in [3.63, 3.8) is 0 Å². The van der Waals surface area contributed by atoms with Gasteiger partial charge in [0.1, 0.15) is 46.2 Å². The van der Waals surface area contributed by atoms with Gasteiger partial charge in [-0.2, -0.15) is 0 Å². The minimum atomic E-state index is -0.778. The quantitative estimate of drug-likeness (QED) is 0.106. The number of phenolic OH excluding ortho intramolecular Hbond substituents is 1. The molecule has 3 aromatic carbocycles. The number of carbonyl (C=O) groups excluding carboxylic acids is 2. The summed E-state index contributed by atoms with van der Waals surface area (Å²) in [6.45, 7) is 8.69. The highest BCUT2D eigenvalue weighted by atomic mass is 19.1. The van der Waals surface area contributed by atoms with Crippen LogP contribution in [0.1, 0.15) is 84.6 Å². The van der Waals surface area contributed by atoms with E-state index in [9.17, 15) is 19.8 Å². The second-order valence-corrected chi connectivity index (χ2v) is 14.0. The monoisotopic (exact) mass is 744 g/mol. The van der Waals surface area contributed by atoms with Gasteiger partial charge in [-0.05, 0) is 73.2 Å². The van der Waals surface area contributed by atoms with Crippen molar-refractivity contribution in [1.29, 1.82) is 0 Å². The molecule has 2 unspecified atom stereocenters. The van der Waals surface area contributed by atoms with Crippen LogP contribution in [0.3, 0.4) is 0 Å². The molecule has 0 aliphatic heterocycles. The van der Waals surface area contributed by atoms with Gasteiger partial charge in [-0.25, -0.2) is 17.6 Å². The molecule has 2 aliphatic carbocycles. The first kappa shape index (κ1) is 40.1. The normalized spacial score (nSPS) is 16.7. The molecule has 2 N–H and O–H groups in total. The van der Waals surface area contributed by atoms with E-state index < -0.39 is 46.3 Å². The summed E-state index contributed by atoms with van der Waals surface area (Å²) in [5.41, 5.74) is -0.592. The Labute approximate surface area is 314 Å². The summed E-state index contributed by atoms with van der Waals surface area (Å²) in [5, 5.41) is 22.4. The Morgan fingerprint density at radius 1 is 0.667 bits per heavy atom. The van der Waals surface area contributed by atoms with Crippen molar-refractivity contribution in [3.8, 4) is 5.75 Å². The summed E-state index contributed by atoms with van der Waals surface area (Å²) in [7, 11) is 0. The number of aromatic hydroxyl groups is 1. The molecule has 286 valence electrons. The number of carbonyl (C=O) groups is 2. The third-order valence-corrected chi connectivity index (χ3v) is 10.4. The highest BCUT2D eigenvalue weighted by molar-refractivity contribution is 6.41. The lowest BCUT2D eigenvalue weighted by atomic mass is 9.79. The van der Waals surface area contributed by atoms with Gasteiger partial charge in [-0.15, -0.1) is 0 Å². The van der Waals surface area contributed by atoms with Crippen LogP contribution in [-0.2, 0) is 9.59 Å². The number of hydrogen-bond donors (Lipinski definition) is 2. The molecule has 10 heteroatoms. The molecule has 54 heavy (non-hydrogen) atoms. The SMILES string of the molecule is CCCCC(CC)CN(C1=CC(=O)/C(=C2/C(=O)C(c3ccc(N(CC(CC)CCCC)c4c(F)cccc4F)cc3O)=C2O)C=C1)c1c(F)cccc1F. The zero-order valence-corrected chi connectivity index (χ0v) is 31.3. The van der Waals surface area contributed by atoms with Gasteiger partial charge in [0.05, 0.1) is 11.1 Å². The van der Waals surface area contributed by atoms with Crippen molar-refractivity contribution in [1.82, 2.24) is 0 Å². The molecule has 0 bridgehead atoms. The minimum absolute atomic E-state index is 0.0139. The van der Waals surface area contributed by atoms with Crippen LogP contribution in [0.5, 0.6) is 5.75 Å². The van der Waals surface area contributed by atoms with Crippen molar-refractivity contribution in [2.24, 2.45) is 11.8 Å². The Morgan fingerprint density at radius 3 is 1.65 bits per heavy atom. The summed E-state index contributed by atoms with van der Waals surface area (Å²) >= 11 is 0. The van der Waals surface area contributed by atoms with Crippen molar-refractivity contribution < 1.29 is 37.4 Å². The lowest BCUT2D eigenvalue weighted by Gasteiger charge is -2.32. The molecular formula is C44H48F4N2O4. The molecule has 5 rings (SSSR count). The Hall–Kier alpha value is -5.12. The molecule has 0 spiro atoms. The number of Topliss-reactive ketones (excluding diaryl/α,β-unsaturated/α-hetero) is 1. The maximum Gasteiger partial charge on any atom is 0.202 e. The fourth-order valence-electron chi connectivity index (χ4n) is 7.18. The number of rotatable bonds is 17. The number of para-hydroxylation sites is 2. The van der Waals surface area contributed by atoms with Gasteiger partial charge in [0.25, 0.3) is 0 Å². The Balaban J connectivity index is 1.47. The first-order valence-corrected chi connectivity index (χ1v) is 18.9. The van der Waals surface area contributed by atoms with Crippen LogP contribution in [0, 0.1) is 35.1 Å². The van der Waals surface area contributed by atoms with Crippen molar-refractivity contribution in [2.75, 3.05) is 22.9 Å². The number of nitrogens with zero attached hydrogens (tertiary/aromatic N) is 2. The van der Waals surface area contributed by atoms with Crippen LogP contribution in [0.15, 0.2) is 95.4 Å². The Kier molecular flexibility index (Phi) is 13.2.